The first-order chi connectivity index (χ1) is 14.9. The van der Waals surface area contributed by atoms with Gasteiger partial charge in [0.25, 0.3) is 11.8 Å². The minimum atomic E-state index is -0.303. The summed E-state index contributed by atoms with van der Waals surface area (Å²) in [5, 5.41) is 3.83. The normalized spacial score (nSPS) is 17.6. The average Bonchev–Trinajstić information content (AvgIpc) is 2.99. The molecule has 0 aromatic heterocycles. The Bertz CT molecular complexity index is 1030. The minimum absolute atomic E-state index is 0.284. The fourth-order valence-corrected chi connectivity index (χ4v) is 4.06. The number of aryl methyl sites for hydroxylation is 2. The fourth-order valence-electron chi connectivity index (χ4n) is 3.93. The Kier molecular flexibility index (Phi) is 6.41. The molecule has 2 aliphatic rings. The molecule has 0 atom stereocenters. The predicted molar refractivity (Wildman–Crippen MR) is 122 cm³/mol. The topological polar surface area (TPSA) is 61.9 Å². The Balaban J connectivity index is 1.64. The number of carbonyl (C=O) groups is 2. The zero-order valence-electron chi connectivity index (χ0n) is 17.8. The molecule has 0 radical (unpaired) electrons. The van der Waals surface area contributed by atoms with E-state index >= 15 is 0 Å². The minimum Gasteiger partial charge on any atom is -0.379 e. The first kappa shape index (κ1) is 21.6. The highest BCUT2D eigenvalue weighted by Crippen LogP contribution is 2.32. The summed E-state index contributed by atoms with van der Waals surface area (Å²) in [7, 11) is 0. The Morgan fingerprint density at radius 3 is 2.35 bits per heavy atom. The van der Waals surface area contributed by atoms with Gasteiger partial charge in [0.15, 0.2) is 0 Å². The van der Waals surface area contributed by atoms with Crippen LogP contribution in [0, 0.1) is 13.8 Å². The van der Waals surface area contributed by atoms with Gasteiger partial charge >= 0.3 is 0 Å². The molecule has 6 nitrogen and oxygen atoms in total. The van der Waals surface area contributed by atoms with E-state index in [0.29, 0.717) is 48.2 Å². The number of rotatable bonds is 6. The van der Waals surface area contributed by atoms with Crippen molar-refractivity contribution in [3.8, 4) is 0 Å². The van der Waals surface area contributed by atoms with Crippen molar-refractivity contribution in [2.24, 2.45) is 0 Å². The van der Waals surface area contributed by atoms with Gasteiger partial charge in [0.2, 0.25) is 0 Å². The van der Waals surface area contributed by atoms with Crippen molar-refractivity contribution in [3.05, 3.63) is 69.9 Å². The lowest BCUT2D eigenvalue weighted by Gasteiger charge is -2.28. The highest BCUT2D eigenvalue weighted by atomic mass is 35.5. The lowest BCUT2D eigenvalue weighted by Crippen LogP contribution is -2.43. The first-order valence-electron chi connectivity index (χ1n) is 10.4. The summed E-state index contributed by atoms with van der Waals surface area (Å²) in [6.45, 7) is 7.94. The molecule has 1 saturated heterocycles. The zero-order chi connectivity index (χ0) is 22.0. The Hall–Kier alpha value is -2.67. The van der Waals surface area contributed by atoms with Crippen LogP contribution in [-0.2, 0) is 14.3 Å². The van der Waals surface area contributed by atoms with Crippen LogP contribution in [0.4, 0.5) is 5.69 Å². The highest BCUT2D eigenvalue weighted by Gasteiger charge is 2.39. The second kappa shape index (κ2) is 9.22. The number of carbonyl (C=O) groups excluding carboxylic acids is 2. The second-order valence-electron chi connectivity index (χ2n) is 7.92. The molecule has 162 valence electrons. The molecule has 2 heterocycles. The zero-order valence-corrected chi connectivity index (χ0v) is 18.5. The van der Waals surface area contributed by atoms with Gasteiger partial charge in [0.05, 0.1) is 18.8 Å². The van der Waals surface area contributed by atoms with Crippen LogP contribution in [-0.4, -0.2) is 61.0 Å². The molecule has 7 heteroatoms. The Morgan fingerprint density at radius 2 is 1.68 bits per heavy atom. The molecule has 0 saturated carbocycles. The van der Waals surface area contributed by atoms with Crippen LogP contribution in [0.25, 0.3) is 5.57 Å². The maximum Gasteiger partial charge on any atom is 0.278 e. The summed E-state index contributed by atoms with van der Waals surface area (Å²) in [4.78, 5) is 30.2. The molecule has 2 aromatic rings. The SMILES string of the molecule is Cc1ccc(NC2=C(c3ccc(Cl)cc3)C(=O)N(CCN3CCOCC3)C2=O)c(C)c1. The molecule has 2 aliphatic heterocycles. The van der Waals surface area contributed by atoms with Crippen molar-refractivity contribution in [1.82, 2.24) is 9.80 Å². The van der Waals surface area contributed by atoms with Crippen molar-refractivity contribution >= 4 is 34.7 Å². The summed E-state index contributed by atoms with van der Waals surface area (Å²) < 4.78 is 5.38. The largest absolute Gasteiger partial charge is 0.379 e. The smallest absolute Gasteiger partial charge is 0.278 e. The number of amides is 2. The number of anilines is 1. The van der Waals surface area contributed by atoms with Crippen LogP contribution in [0.3, 0.4) is 0 Å². The summed E-state index contributed by atoms with van der Waals surface area (Å²) in [6, 6.07) is 13.0. The van der Waals surface area contributed by atoms with E-state index in [1.54, 1.807) is 24.3 Å². The molecule has 4 rings (SSSR count). The third-order valence-corrected chi connectivity index (χ3v) is 5.94. The third kappa shape index (κ3) is 4.66. The van der Waals surface area contributed by atoms with Crippen molar-refractivity contribution in [2.45, 2.75) is 13.8 Å². The van der Waals surface area contributed by atoms with Crippen LogP contribution in [0.2, 0.25) is 5.02 Å². The Morgan fingerprint density at radius 1 is 0.968 bits per heavy atom. The molecule has 0 aliphatic carbocycles. The third-order valence-electron chi connectivity index (χ3n) is 5.69. The molecule has 0 unspecified atom stereocenters. The van der Waals surface area contributed by atoms with Gasteiger partial charge in [-0.2, -0.15) is 0 Å². The van der Waals surface area contributed by atoms with Crippen LogP contribution in [0.15, 0.2) is 48.2 Å². The molecular formula is C24H26ClN3O3. The molecular weight excluding hydrogens is 414 g/mol. The van der Waals surface area contributed by atoms with Crippen molar-refractivity contribution < 1.29 is 14.3 Å². The standard InChI is InChI=1S/C24H26ClN3O3/c1-16-3-8-20(17(2)15-16)26-22-21(18-4-6-19(25)7-5-18)23(29)28(24(22)30)10-9-27-11-13-31-14-12-27/h3-8,15,26H,9-14H2,1-2H3. The van der Waals surface area contributed by atoms with Crippen molar-refractivity contribution in [2.75, 3.05) is 44.7 Å². The summed E-state index contributed by atoms with van der Waals surface area (Å²) in [5.41, 5.74) is 4.31. The van der Waals surface area contributed by atoms with E-state index in [4.69, 9.17) is 16.3 Å². The van der Waals surface area contributed by atoms with E-state index in [2.05, 4.69) is 10.2 Å². The number of ether oxygens (including phenoxy) is 1. The predicted octanol–water partition coefficient (Wildman–Crippen LogP) is 3.48. The number of nitrogens with zero attached hydrogens (tertiary/aromatic N) is 2. The molecule has 1 fully saturated rings. The Labute approximate surface area is 187 Å². The number of morpholine rings is 1. The molecule has 0 spiro atoms. The molecule has 2 amide bonds. The average molecular weight is 440 g/mol. The molecule has 2 aromatic carbocycles. The maximum atomic E-state index is 13.3. The fraction of sp³-hybridized carbons (Fsp3) is 0.333. The lowest BCUT2D eigenvalue weighted by atomic mass is 10.0. The number of imide groups is 1. The van der Waals surface area contributed by atoms with E-state index in [1.807, 2.05) is 32.0 Å². The van der Waals surface area contributed by atoms with Crippen molar-refractivity contribution in [3.63, 3.8) is 0 Å². The summed E-state index contributed by atoms with van der Waals surface area (Å²) >= 11 is 6.04. The van der Waals surface area contributed by atoms with Crippen LogP contribution in [0.1, 0.15) is 16.7 Å². The number of nitrogens with one attached hydrogen (secondary N) is 1. The lowest BCUT2D eigenvalue weighted by molar-refractivity contribution is -0.137. The van der Waals surface area contributed by atoms with Crippen molar-refractivity contribution in [1.29, 1.82) is 0 Å². The van der Waals surface area contributed by atoms with Gasteiger partial charge in [-0.05, 0) is 43.2 Å². The summed E-state index contributed by atoms with van der Waals surface area (Å²) in [5.74, 6) is -0.587. The van der Waals surface area contributed by atoms with E-state index in [-0.39, 0.29) is 11.8 Å². The highest BCUT2D eigenvalue weighted by molar-refractivity contribution is 6.37. The van der Waals surface area contributed by atoms with Gasteiger partial charge in [0.1, 0.15) is 5.70 Å². The van der Waals surface area contributed by atoms with E-state index < -0.39 is 0 Å². The van der Waals surface area contributed by atoms with Gasteiger partial charge in [-0.3, -0.25) is 19.4 Å². The van der Waals surface area contributed by atoms with Gasteiger partial charge in [-0.15, -0.1) is 0 Å². The van der Waals surface area contributed by atoms with E-state index in [9.17, 15) is 9.59 Å². The molecule has 0 bridgehead atoms. The second-order valence-corrected chi connectivity index (χ2v) is 8.35. The number of hydrogen-bond acceptors (Lipinski definition) is 5. The van der Waals surface area contributed by atoms with Gasteiger partial charge < -0.3 is 10.1 Å². The molecule has 1 N–H and O–H groups in total. The quantitative estimate of drug-likeness (QED) is 0.698. The summed E-state index contributed by atoms with van der Waals surface area (Å²) in [6.07, 6.45) is 0. The molecule has 31 heavy (non-hydrogen) atoms. The first-order valence-corrected chi connectivity index (χ1v) is 10.8. The van der Waals surface area contributed by atoms with E-state index in [1.165, 1.54) is 4.90 Å². The number of hydrogen-bond donors (Lipinski definition) is 1. The van der Waals surface area contributed by atoms with Gasteiger partial charge in [0, 0.05) is 36.9 Å². The maximum absolute atomic E-state index is 13.3. The van der Waals surface area contributed by atoms with Crippen LogP contribution < -0.4 is 5.32 Å². The van der Waals surface area contributed by atoms with Gasteiger partial charge in [-0.1, -0.05) is 41.4 Å². The van der Waals surface area contributed by atoms with Gasteiger partial charge in [-0.25, -0.2) is 0 Å². The monoisotopic (exact) mass is 439 g/mol. The van der Waals surface area contributed by atoms with E-state index in [0.717, 1.165) is 29.9 Å². The number of halogens is 1. The van der Waals surface area contributed by atoms with Crippen LogP contribution >= 0.6 is 11.6 Å². The number of benzene rings is 2. The van der Waals surface area contributed by atoms with Crippen LogP contribution in [0.5, 0.6) is 0 Å².